The topological polar surface area (TPSA) is 197 Å². The molecule has 0 fully saturated rings. The minimum Gasteiger partial charge on any atom is -0.450 e. The normalized spacial score (nSPS) is 13.9. The molecule has 0 radical (unpaired) electrons. The third-order valence-corrected chi connectivity index (χ3v) is 2.80. The first-order valence-electron chi connectivity index (χ1n) is 4.72. The van der Waals surface area contributed by atoms with E-state index in [0.717, 1.165) is 0 Å². The van der Waals surface area contributed by atoms with E-state index in [2.05, 4.69) is 14.2 Å². The van der Waals surface area contributed by atoms with E-state index in [1.807, 2.05) is 0 Å². The Bertz CT molecular complexity index is 412. The summed E-state index contributed by atoms with van der Waals surface area (Å²) in [6.45, 7) is -0.888. The summed E-state index contributed by atoms with van der Waals surface area (Å²) >= 11 is 0. The lowest BCUT2D eigenvalue weighted by Crippen LogP contribution is -2.30. The van der Waals surface area contributed by atoms with Crippen LogP contribution >= 0.6 is 7.60 Å². The van der Waals surface area contributed by atoms with Crippen LogP contribution in [0.4, 0.5) is 14.4 Å². The Kier molecular flexibility index (Phi) is 6.76. The molecular formula is C7H11O12P. The molecule has 0 rings (SSSR count). The van der Waals surface area contributed by atoms with Crippen molar-refractivity contribution in [1.82, 2.24) is 0 Å². The van der Waals surface area contributed by atoms with Crippen LogP contribution in [0.15, 0.2) is 0 Å². The van der Waals surface area contributed by atoms with E-state index in [-0.39, 0.29) is 0 Å². The van der Waals surface area contributed by atoms with E-state index in [1.54, 1.807) is 0 Å². The van der Waals surface area contributed by atoms with Crippen LogP contribution in [0.5, 0.6) is 0 Å². The van der Waals surface area contributed by atoms with Crippen molar-refractivity contribution in [2.75, 3.05) is 6.61 Å². The first kappa shape index (κ1) is 18.0. The fraction of sp³-hybridized carbons (Fsp3) is 0.571. The van der Waals surface area contributed by atoms with Crippen LogP contribution < -0.4 is 0 Å². The minimum atomic E-state index is -5.05. The Hall–Kier alpha value is -2.04. The molecule has 0 aliphatic carbocycles. The summed E-state index contributed by atoms with van der Waals surface area (Å²) in [4.78, 5) is 48.5. The number of carbonyl (C=O) groups is 3. The highest BCUT2D eigenvalue weighted by atomic mass is 31.2. The van der Waals surface area contributed by atoms with Crippen molar-refractivity contribution in [2.45, 2.75) is 18.4 Å². The number of hydrogen-bond donors (Lipinski definition) is 5. The van der Waals surface area contributed by atoms with Gasteiger partial charge in [0.05, 0.1) is 0 Å². The SMILES string of the molecule is O=C(O)OCC(CC(OC(=O)O)P(=O)(O)O)OC(=O)O. The molecule has 0 spiro atoms. The third-order valence-electron chi connectivity index (χ3n) is 1.74. The van der Waals surface area contributed by atoms with Gasteiger partial charge in [0, 0.05) is 6.42 Å². The van der Waals surface area contributed by atoms with Gasteiger partial charge >= 0.3 is 26.1 Å². The summed E-state index contributed by atoms with van der Waals surface area (Å²) in [5.74, 6) is -2.22. The van der Waals surface area contributed by atoms with Crippen molar-refractivity contribution < 1.29 is 58.3 Å². The van der Waals surface area contributed by atoms with Crippen LogP contribution in [0.2, 0.25) is 0 Å². The van der Waals surface area contributed by atoms with Crippen molar-refractivity contribution in [2.24, 2.45) is 0 Å². The van der Waals surface area contributed by atoms with E-state index in [0.29, 0.717) is 0 Å². The van der Waals surface area contributed by atoms with Gasteiger partial charge in [-0.25, -0.2) is 14.4 Å². The van der Waals surface area contributed by atoms with Crippen molar-refractivity contribution in [3.8, 4) is 0 Å². The summed E-state index contributed by atoms with van der Waals surface area (Å²) in [5, 5.41) is 24.9. The molecule has 0 saturated heterocycles. The van der Waals surface area contributed by atoms with E-state index < -0.39 is 51.0 Å². The predicted octanol–water partition coefficient (Wildman–Crippen LogP) is 0.333. The molecule has 116 valence electrons. The van der Waals surface area contributed by atoms with Crippen molar-refractivity contribution in [1.29, 1.82) is 0 Å². The number of carboxylic acid groups (broad SMARTS) is 3. The molecule has 0 aliphatic heterocycles. The number of hydrogen-bond acceptors (Lipinski definition) is 7. The van der Waals surface area contributed by atoms with Gasteiger partial charge in [0.2, 0.25) is 5.85 Å². The Morgan fingerprint density at radius 2 is 1.45 bits per heavy atom. The molecule has 0 bridgehead atoms. The molecule has 0 aromatic rings. The van der Waals surface area contributed by atoms with E-state index >= 15 is 0 Å². The highest BCUT2D eigenvalue weighted by Gasteiger charge is 2.36. The summed E-state index contributed by atoms with van der Waals surface area (Å²) < 4.78 is 23.0. The molecule has 0 aromatic carbocycles. The molecule has 0 amide bonds. The van der Waals surface area contributed by atoms with Gasteiger partial charge in [0.15, 0.2) is 0 Å². The largest absolute Gasteiger partial charge is 0.506 e. The Labute approximate surface area is 110 Å². The van der Waals surface area contributed by atoms with Crippen molar-refractivity contribution >= 4 is 26.1 Å². The minimum absolute atomic E-state index is 0.888. The molecule has 0 saturated carbocycles. The summed E-state index contributed by atoms with van der Waals surface area (Å²) in [6.07, 6.45) is -8.23. The van der Waals surface area contributed by atoms with Crippen LogP contribution in [-0.4, -0.2) is 62.1 Å². The Morgan fingerprint density at radius 1 is 0.950 bits per heavy atom. The average Bonchev–Trinajstić information content (AvgIpc) is 2.22. The molecule has 0 aromatic heterocycles. The zero-order valence-electron chi connectivity index (χ0n) is 9.61. The highest BCUT2D eigenvalue weighted by Crippen LogP contribution is 2.44. The molecule has 13 heteroatoms. The number of rotatable bonds is 7. The highest BCUT2D eigenvalue weighted by molar-refractivity contribution is 7.52. The van der Waals surface area contributed by atoms with Gasteiger partial charge in [-0.1, -0.05) is 0 Å². The molecular weight excluding hydrogens is 307 g/mol. The van der Waals surface area contributed by atoms with Crippen LogP contribution in [0.25, 0.3) is 0 Å². The quantitative estimate of drug-likeness (QED) is 0.245. The van der Waals surface area contributed by atoms with Crippen molar-refractivity contribution in [3.63, 3.8) is 0 Å². The molecule has 0 heterocycles. The summed E-state index contributed by atoms with van der Waals surface area (Å²) in [7, 11) is -5.05. The molecule has 12 nitrogen and oxygen atoms in total. The first-order valence-corrected chi connectivity index (χ1v) is 6.40. The zero-order chi connectivity index (χ0) is 15.9. The lowest BCUT2D eigenvalue weighted by atomic mass is 10.3. The second-order valence-corrected chi connectivity index (χ2v) is 5.00. The lowest BCUT2D eigenvalue weighted by Gasteiger charge is -2.21. The fourth-order valence-corrected chi connectivity index (χ4v) is 1.79. The molecule has 2 unspecified atom stereocenters. The third kappa shape index (κ3) is 8.13. The fourth-order valence-electron chi connectivity index (χ4n) is 1.05. The summed E-state index contributed by atoms with van der Waals surface area (Å²) in [6, 6.07) is 0. The van der Waals surface area contributed by atoms with Gasteiger partial charge in [-0.3, -0.25) is 4.57 Å². The lowest BCUT2D eigenvalue weighted by molar-refractivity contribution is -0.0154. The van der Waals surface area contributed by atoms with E-state index in [4.69, 9.17) is 25.1 Å². The van der Waals surface area contributed by atoms with Gasteiger partial charge in [-0.2, -0.15) is 0 Å². The van der Waals surface area contributed by atoms with E-state index in [9.17, 15) is 18.9 Å². The first-order chi connectivity index (χ1) is 9.02. The predicted molar refractivity (Wildman–Crippen MR) is 56.4 cm³/mol. The van der Waals surface area contributed by atoms with Gasteiger partial charge in [-0.15, -0.1) is 0 Å². The van der Waals surface area contributed by atoms with Crippen LogP contribution in [0, 0.1) is 0 Å². The second kappa shape index (κ2) is 7.53. The van der Waals surface area contributed by atoms with Gasteiger partial charge < -0.3 is 39.3 Å². The van der Waals surface area contributed by atoms with E-state index in [1.165, 1.54) is 0 Å². The smallest absolute Gasteiger partial charge is 0.450 e. The standard InChI is InChI=1S/C7H11O12P/c8-5(9)17-2-3(18-6(10)11)1-4(19-7(12)13)20(14,15)16/h3-4H,1-2H2,(H,8,9)(H,10,11)(H,12,13)(H2,14,15,16). The number of ether oxygens (including phenoxy) is 3. The molecule has 2 atom stereocenters. The van der Waals surface area contributed by atoms with Gasteiger partial charge in [0.25, 0.3) is 0 Å². The van der Waals surface area contributed by atoms with Crippen LogP contribution in [0.1, 0.15) is 6.42 Å². The second-order valence-electron chi connectivity index (χ2n) is 3.25. The maximum absolute atomic E-state index is 11.0. The monoisotopic (exact) mass is 318 g/mol. The molecule has 20 heavy (non-hydrogen) atoms. The zero-order valence-corrected chi connectivity index (χ0v) is 10.5. The van der Waals surface area contributed by atoms with Crippen molar-refractivity contribution in [3.05, 3.63) is 0 Å². The van der Waals surface area contributed by atoms with Crippen LogP contribution in [-0.2, 0) is 18.8 Å². The maximum Gasteiger partial charge on any atom is 0.506 e. The summed E-state index contributed by atoms with van der Waals surface area (Å²) in [5.41, 5.74) is 0. The van der Waals surface area contributed by atoms with Gasteiger partial charge in [-0.05, 0) is 0 Å². The molecule has 5 N–H and O–H groups in total. The van der Waals surface area contributed by atoms with Crippen LogP contribution in [0.3, 0.4) is 0 Å². The molecule has 0 aliphatic rings. The van der Waals surface area contributed by atoms with Gasteiger partial charge in [0.1, 0.15) is 12.7 Å². The maximum atomic E-state index is 11.0. The average molecular weight is 318 g/mol. The Morgan fingerprint density at radius 3 is 1.80 bits per heavy atom. The Balaban J connectivity index is 4.86.